The van der Waals surface area contributed by atoms with Crippen LogP contribution in [-0.2, 0) is 0 Å². The molecule has 0 amide bonds. The molecular weight excluding hydrogens is 262 g/mol. The first-order valence-electron chi connectivity index (χ1n) is 8.65. The van der Waals surface area contributed by atoms with Crippen molar-refractivity contribution in [2.24, 2.45) is 23.7 Å². The van der Waals surface area contributed by atoms with Gasteiger partial charge in [-0.2, -0.15) is 0 Å². The van der Waals surface area contributed by atoms with Crippen LogP contribution in [0.15, 0.2) is 0 Å². The third kappa shape index (κ3) is 5.02. The lowest BCUT2D eigenvalue weighted by molar-refractivity contribution is 0.211. The monoisotopic (exact) mass is 297 g/mol. The summed E-state index contributed by atoms with van der Waals surface area (Å²) in [4.78, 5) is 3.76. The Morgan fingerprint density at radius 1 is 1.15 bits per heavy atom. The fraction of sp³-hybridized carbons (Fsp3) is 0.944. The molecule has 0 heterocycles. The fourth-order valence-electron chi connectivity index (χ4n) is 3.44. The number of nitrogens with zero attached hydrogens (tertiary/aromatic N) is 1. The van der Waals surface area contributed by atoms with E-state index in [2.05, 4.69) is 46.4 Å². The maximum atomic E-state index is 5.91. The van der Waals surface area contributed by atoms with Crippen molar-refractivity contribution in [1.82, 2.24) is 4.90 Å². The Hall–Kier alpha value is -0.110. The highest BCUT2D eigenvalue weighted by Gasteiger charge is 2.32. The zero-order valence-electron chi connectivity index (χ0n) is 14.5. The van der Waals surface area contributed by atoms with Crippen LogP contribution in [0.1, 0.15) is 73.6 Å². The average molecular weight is 298 g/mol. The van der Waals surface area contributed by atoms with E-state index in [1.165, 1.54) is 37.1 Å². The van der Waals surface area contributed by atoms with Gasteiger partial charge in [0.05, 0.1) is 4.99 Å². The SMILES string of the molecule is CC(C)CCCN(C(=S)C1CCCC(C)C1C)C(C)C. The van der Waals surface area contributed by atoms with Crippen LogP contribution in [-0.4, -0.2) is 22.5 Å². The van der Waals surface area contributed by atoms with Crippen LogP contribution in [0, 0.1) is 23.7 Å². The first kappa shape index (κ1) is 17.9. The maximum absolute atomic E-state index is 5.91. The van der Waals surface area contributed by atoms with Crippen LogP contribution in [0.5, 0.6) is 0 Å². The molecular formula is C18H35NS. The fourth-order valence-corrected chi connectivity index (χ4v) is 4.07. The van der Waals surface area contributed by atoms with Gasteiger partial charge < -0.3 is 4.90 Å². The first-order chi connectivity index (χ1) is 9.34. The first-order valence-corrected chi connectivity index (χ1v) is 9.05. The second-order valence-electron chi connectivity index (χ2n) is 7.54. The van der Waals surface area contributed by atoms with Crippen molar-refractivity contribution in [3.63, 3.8) is 0 Å². The molecule has 0 radical (unpaired) electrons. The lowest BCUT2D eigenvalue weighted by Crippen LogP contribution is -2.44. The molecule has 0 aromatic heterocycles. The maximum Gasteiger partial charge on any atom is 0.0815 e. The van der Waals surface area contributed by atoms with Crippen LogP contribution in [0.4, 0.5) is 0 Å². The summed E-state index contributed by atoms with van der Waals surface area (Å²) in [6, 6.07) is 0.541. The molecule has 0 bridgehead atoms. The molecule has 0 aliphatic heterocycles. The lowest BCUT2D eigenvalue weighted by Gasteiger charge is -2.40. The Balaban J connectivity index is 2.63. The van der Waals surface area contributed by atoms with Gasteiger partial charge in [-0.3, -0.25) is 0 Å². The molecule has 3 atom stereocenters. The molecule has 0 N–H and O–H groups in total. The highest BCUT2D eigenvalue weighted by atomic mass is 32.1. The average Bonchev–Trinajstić information content (AvgIpc) is 2.36. The molecule has 0 saturated heterocycles. The molecule has 1 fully saturated rings. The third-order valence-electron chi connectivity index (χ3n) is 5.11. The summed E-state index contributed by atoms with van der Waals surface area (Å²) in [5.41, 5.74) is 0. The van der Waals surface area contributed by atoms with Gasteiger partial charge in [0.25, 0.3) is 0 Å². The topological polar surface area (TPSA) is 3.24 Å². The summed E-state index contributed by atoms with van der Waals surface area (Å²) >= 11 is 5.91. The minimum absolute atomic E-state index is 0.541. The summed E-state index contributed by atoms with van der Waals surface area (Å²) < 4.78 is 0. The van der Waals surface area contributed by atoms with E-state index >= 15 is 0 Å². The summed E-state index contributed by atoms with van der Waals surface area (Å²) in [7, 11) is 0. The van der Waals surface area contributed by atoms with E-state index in [4.69, 9.17) is 12.2 Å². The van der Waals surface area contributed by atoms with Crippen molar-refractivity contribution in [2.75, 3.05) is 6.54 Å². The molecule has 0 aromatic rings. The van der Waals surface area contributed by atoms with Crippen molar-refractivity contribution in [3.05, 3.63) is 0 Å². The van der Waals surface area contributed by atoms with Gasteiger partial charge in [-0.25, -0.2) is 0 Å². The molecule has 1 saturated carbocycles. The normalized spacial score (nSPS) is 27.1. The molecule has 0 aromatic carbocycles. The minimum atomic E-state index is 0.541. The Morgan fingerprint density at radius 2 is 1.80 bits per heavy atom. The van der Waals surface area contributed by atoms with Crippen LogP contribution in [0.3, 0.4) is 0 Å². The number of thiocarbonyl (C=S) groups is 1. The summed E-state index contributed by atoms with van der Waals surface area (Å²) in [5, 5.41) is 0. The molecule has 118 valence electrons. The largest absolute Gasteiger partial charge is 0.363 e. The zero-order chi connectivity index (χ0) is 15.3. The van der Waals surface area contributed by atoms with E-state index in [0.29, 0.717) is 12.0 Å². The molecule has 1 aliphatic rings. The van der Waals surface area contributed by atoms with Crippen LogP contribution in [0.25, 0.3) is 0 Å². The lowest BCUT2D eigenvalue weighted by atomic mass is 9.73. The van der Waals surface area contributed by atoms with E-state index in [1.807, 2.05) is 0 Å². The van der Waals surface area contributed by atoms with Crippen molar-refractivity contribution in [3.8, 4) is 0 Å². The molecule has 1 rings (SSSR count). The Bertz CT molecular complexity index is 298. The molecule has 3 unspecified atom stereocenters. The van der Waals surface area contributed by atoms with Crippen molar-refractivity contribution in [1.29, 1.82) is 0 Å². The smallest absolute Gasteiger partial charge is 0.0815 e. The van der Waals surface area contributed by atoms with Crippen LogP contribution in [0.2, 0.25) is 0 Å². The van der Waals surface area contributed by atoms with Crippen LogP contribution >= 0.6 is 12.2 Å². The van der Waals surface area contributed by atoms with Gasteiger partial charge in [-0.15, -0.1) is 0 Å². The van der Waals surface area contributed by atoms with Gasteiger partial charge >= 0.3 is 0 Å². The standard InChI is InChI=1S/C18H35NS/c1-13(2)9-8-12-19(14(3)4)18(20)17-11-7-10-15(5)16(17)6/h13-17H,7-12H2,1-6H3. The second kappa shape index (κ2) is 8.36. The van der Waals surface area contributed by atoms with E-state index in [9.17, 15) is 0 Å². The number of rotatable bonds is 6. The van der Waals surface area contributed by atoms with Gasteiger partial charge in [-0.1, -0.05) is 52.8 Å². The Labute approximate surface area is 132 Å². The predicted molar refractivity (Wildman–Crippen MR) is 94.2 cm³/mol. The quantitative estimate of drug-likeness (QED) is 0.593. The predicted octanol–water partition coefficient (Wildman–Crippen LogP) is 5.53. The molecule has 1 aliphatic carbocycles. The Kier molecular flexibility index (Phi) is 7.50. The third-order valence-corrected chi connectivity index (χ3v) is 5.65. The summed E-state index contributed by atoms with van der Waals surface area (Å²) in [6.45, 7) is 15.2. The summed E-state index contributed by atoms with van der Waals surface area (Å²) in [5.74, 6) is 3.01. The second-order valence-corrected chi connectivity index (χ2v) is 7.95. The van der Waals surface area contributed by atoms with E-state index in [-0.39, 0.29) is 0 Å². The molecule has 20 heavy (non-hydrogen) atoms. The van der Waals surface area contributed by atoms with E-state index in [1.54, 1.807) is 0 Å². The van der Waals surface area contributed by atoms with Gasteiger partial charge in [-0.05, 0) is 50.9 Å². The number of hydrogen-bond donors (Lipinski definition) is 0. The van der Waals surface area contributed by atoms with Crippen molar-refractivity contribution >= 4 is 17.2 Å². The van der Waals surface area contributed by atoms with Gasteiger partial charge in [0.2, 0.25) is 0 Å². The van der Waals surface area contributed by atoms with Crippen molar-refractivity contribution < 1.29 is 0 Å². The summed E-state index contributed by atoms with van der Waals surface area (Å²) in [6.07, 6.45) is 6.62. The minimum Gasteiger partial charge on any atom is -0.363 e. The Morgan fingerprint density at radius 3 is 2.35 bits per heavy atom. The van der Waals surface area contributed by atoms with Crippen molar-refractivity contribution in [2.45, 2.75) is 79.7 Å². The molecule has 2 heteroatoms. The zero-order valence-corrected chi connectivity index (χ0v) is 15.3. The molecule has 1 nitrogen and oxygen atoms in total. The van der Waals surface area contributed by atoms with E-state index in [0.717, 1.165) is 24.3 Å². The van der Waals surface area contributed by atoms with Gasteiger partial charge in [0.1, 0.15) is 0 Å². The van der Waals surface area contributed by atoms with E-state index < -0.39 is 0 Å². The van der Waals surface area contributed by atoms with Crippen LogP contribution < -0.4 is 0 Å². The highest BCUT2D eigenvalue weighted by Crippen LogP contribution is 2.36. The highest BCUT2D eigenvalue weighted by molar-refractivity contribution is 7.80. The molecule has 0 spiro atoms. The number of hydrogen-bond acceptors (Lipinski definition) is 1. The van der Waals surface area contributed by atoms with Gasteiger partial charge in [0, 0.05) is 18.5 Å². The van der Waals surface area contributed by atoms with Gasteiger partial charge in [0.15, 0.2) is 0 Å².